The van der Waals surface area contributed by atoms with Crippen LogP contribution < -0.4 is 9.47 Å². The van der Waals surface area contributed by atoms with Crippen molar-refractivity contribution in [1.82, 2.24) is 0 Å². The fraction of sp³-hybridized carbons (Fsp3) is 0.300. The summed E-state index contributed by atoms with van der Waals surface area (Å²) in [6.45, 7) is 3.28. The molecule has 16 heavy (non-hydrogen) atoms. The van der Waals surface area contributed by atoms with Gasteiger partial charge in [-0.15, -0.1) is 0 Å². The van der Waals surface area contributed by atoms with Gasteiger partial charge >= 0.3 is 11.7 Å². The van der Waals surface area contributed by atoms with Gasteiger partial charge in [0, 0.05) is 6.92 Å². The number of carbonyl (C=O) groups excluding carboxylic acids is 1. The zero-order valence-electron chi connectivity index (χ0n) is 8.93. The molecule has 0 atom stereocenters. The van der Waals surface area contributed by atoms with Gasteiger partial charge in [-0.1, -0.05) is 0 Å². The number of ether oxygens (including phenoxy) is 2. The highest BCUT2D eigenvalue weighted by Gasteiger charge is 2.16. The van der Waals surface area contributed by atoms with Crippen LogP contribution in [0.3, 0.4) is 0 Å². The van der Waals surface area contributed by atoms with Gasteiger partial charge in [-0.3, -0.25) is 14.9 Å². The Morgan fingerprint density at radius 3 is 2.69 bits per heavy atom. The maximum absolute atomic E-state index is 10.7. The standard InChI is InChI=1S/C10H11NO5/c1-3-15-10-5-4-8(16-7(2)12)6-9(10)11(13)14/h4-6H,3H2,1-2H3. The molecule has 0 aliphatic carbocycles. The SMILES string of the molecule is CCOc1ccc(OC(C)=O)cc1[N+](=O)[O-]. The number of nitro groups is 1. The second-order valence-electron chi connectivity index (χ2n) is 2.91. The Bertz CT molecular complexity index is 416. The molecule has 1 aromatic rings. The van der Waals surface area contributed by atoms with Crippen LogP contribution in [0.4, 0.5) is 5.69 Å². The molecule has 0 saturated carbocycles. The predicted octanol–water partition coefficient (Wildman–Crippen LogP) is 1.92. The summed E-state index contributed by atoms with van der Waals surface area (Å²) in [7, 11) is 0. The molecule has 0 radical (unpaired) electrons. The minimum atomic E-state index is -0.585. The molecule has 86 valence electrons. The molecule has 1 rings (SSSR count). The van der Waals surface area contributed by atoms with E-state index in [4.69, 9.17) is 9.47 Å². The third-order valence-electron chi connectivity index (χ3n) is 1.69. The zero-order valence-corrected chi connectivity index (χ0v) is 8.93. The Kier molecular flexibility index (Phi) is 3.82. The van der Waals surface area contributed by atoms with Crippen LogP contribution in [-0.4, -0.2) is 17.5 Å². The molecule has 0 aliphatic rings. The van der Waals surface area contributed by atoms with Crippen LogP contribution in [0, 0.1) is 10.1 Å². The second-order valence-corrected chi connectivity index (χ2v) is 2.91. The average Bonchev–Trinajstić information content (AvgIpc) is 2.19. The van der Waals surface area contributed by atoms with Crippen molar-refractivity contribution in [3.63, 3.8) is 0 Å². The van der Waals surface area contributed by atoms with E-state index in [1.165, 1.54) is 19.1 Å². The van der Waals surface area contributed by atoms with Gasteiger partial charge in [-0.25, -0.2) is 0 Å². The van der Waals surface area contributed by atoms with Crippen molar-refractivity contribution in [3.8, 4) is 11.5 Å². The highest BCUT2D eigenvalue weighted by Crippen LogP contribution is 2.31. The lowest BCUT2D eigenvalue weighted by Gasteiger charge is -2.05. The van der Waals surface area contributed by atoms with Gasteiger partial charge in [-0.05, 0) is 19.1 Å². The van der Waals surface area contributed by atoms with Gasteiger partial charge in [0.1, 0.15) is 5.75 Å². The van der Waals surface area contributed by atoms with Crippen LogP contribution in [0.5, 0.6) is 11.5 Å². The molecule has 0 fully saturated rings. The number of esters is 1. The number of carbonyl (C=O) groups is 1. The van der Waals surface area contributed by atoms with Crippen LogP contribution in [0.15, 0.2) is 18.2 Å². The first-order valence-electron chi connectivity index (χ1n) is 4.64. The first-order chi connectivity index (χ1) is 7.54. The van der Waals surface area contributed by atoms with Crippen molar-refractivity contribution in [2.75, 3.05) is 6.61 Å². The molecule has 0 amide bonds. The summed E-state index contributed by atoms with van der Waals surface area (Å²) in [5.41, 5.74) is -0.222. The van der Waals surface area contributed by atoms with E-state index in [1.54, 1.807) is 6.92 Å². The molecule has 1 aromatic carbocycles. The lowest BCUT2D eigenvalue weighted by Crippen LogP contribution is -2.03. The van der Waals surface area contributed by atoms with E-state index in [0.717, 1.165) is 6.07 Å². The zero-order chi connectivity index (χ0) is 12.1. The number of hydrogen-bond donors (Lipinski definition) is 0. The summed E-state index contributed by atoms with van der Waals surface area (Å²) >= 11 is 0. The summed E-state index contributed by atoms with van der Waals surface area (Å²) < 4.78 is 9.82. The smallest absolute Gasteiger partial charge is 0.314 e. The lowest BCUT2D eigenvalue weighted by atomic mass is 10.3. The molecule has 0 bridgehead atoms. The maximum atomic E-state index is 10.7. The van der Waals surface area contributed by atoms with Crippen molar-refractivity contribution in [2.24, 2.45) is 0 Å². The third-order valence-corrected chi connectivity index (χ3v) is 1.69. The molecule has 0 N–H and O–H groups in total. The van der Waals surface area contributed by atoms with Crippen molar-refractivity contribution >= 4 is 11.7 Å². The van der Waals surface area contributed by atoms with Crippen molar-refractivity contribution in [1.29, 1.82) is 0 Å². The second kappa shape index (κ2) is 5.11. The topological polar surface area (TPSA) is 78.7 Å². The third kappa shape index (κ3) is 2.94. The first-order valence-corrected chi connectivity index (χ1v) is 4.64. The predicted molar refractivity (Wildman–Crippen MR) is 55.6 cm³/mol. The number of rotatable bonds is 4. The van der Waals surface area contributed by atoms with E-state index >= 15 is 0 Å². The van der Waals surface area contributed by atoms with Gasteiger partial charge in [0.2, 0.25) is 0 Å². The van der Waals surface area contributed by atoms with Gasteiger partial charge < -0.3 is 9.47 Å². The Balaban J connectivity index is 3.06. The largest absolute Gasteiger partial charge is 0.487 e. The van der Waals surface area contributed by atoms with Crippen LogP contribution in [-0.2, 0) is 4.79 Å². The van der Waals surface area contributed by atoms with Gasteiger partial charge in [0.15, 0.2) is 5.75 Å². The number of hydrogen-bond acceptors (Lipinski definition) is 5. The first kappa shape index (κ1) is 12.0. The Labute approximate surface area is 91.9 Å². The summed E-state index contributed by atoms with van der Waals surface area (Å²) in [6, 6.07) is 4.01. The Morgan fingerprint density at radius 2 is 2.19 bits per heavy atom. The van der Waals surface area contributed by atoms with E-state index in [0.29, 0.717) is 6.61 Å². The van der Waals surface area contributed by atoms with E-state index < -0.39 is 10.9 Å². The van der Waals surface area contributed by atoms with E-state index in [1.807, 2.05) is 0 Å². The highest BCUT2D eigenvalue weighted by atomic mass is 16.6. The normalized spacial score (nSPS) is 9.62. The molecule has 0 saturated heterocycles. The van der Waals surface area contributed by atoms with E-state index in [2.05, 4.69) is 0 Å². The minimum Gasteiger partial charge on any atom is -0.487 e. The van der Waals surface area contributed by atoms with E-state index in [9.17, 15) is 14.9 Å². The van der Waals surface area contributed by atoms with E-state index in [-0.39, 0.29) is 17.2 Å². The summed E-state index contributed by atoms with van der Waals surface area (Å²) in [6.07, 6.45) is 0. The monoisotopic (exact) mass is 225 g/mol. The summed E-state index contributed by atoms with van der Waals surface area (Å²) in [5.74, 6) is -0.246. The van der Waals surface area contributed by atoms with Crippen LogP contribution in [0.2, 0.25) is 0 Å². The maximum Gasteiger partial charge on any atom is 0.314 e. The summed E-state index contributed by atoms with van der Waals surface area (Å²) in [5, 5.41) is 10.7. The Morgan fingerprint density at radius 1 is 1.50 bits per heavy atom. The minimum absolute atomic E-state index is 0.127. The highest BCUT2D eigenvalue weighted by molar-refractivity contribution is 5.70. The molecule has 0 unspecified atom stereocenters. The fourth-order valence-electron chi connectivity index (χ4n) is 1.15. The molecule has 0 spiro atoms. The molecule has 0 aromatic heterocycles. The quantitative estimate of drug-likeness (QED) is 0.338. The van der Waals surface area contributed by atoms with Crippen LogP contribution >= 0.6 is 0 Å². The number of benzene rings is 1. The van der Waals surface area contributed by atoms with Crippen LogP contribution in [0.25, 0.3) is 0 Å². The van der Waals surface area contributed by atoms with Crippen molar-refractivity contribution in [2.45, 2.75) is 13.8 Å². The Hall–Kier alpha value is -2.11. The number of nitro benzene ring substituents is 1. The molecular formula is C10H11NO5. The summed E-state index contributed by atoms with van der Waals surface area (Å²) in [4.78, 5) is 20.8. The molecule has 0 heterocycles. The molecule has 0 aliphatic heterocycles. The van der Waals surface area contributed by atoms with Crippen LogP contribution in [0.1, 0.15) is 13.8 Å². The average molecular weight is 225 g/mol. The van der Waals surface area contributed by atoms with Gasteiger partial charge in [0.25, 0.3) is 0 Å². The van der Waals surface area contributed by atoms with Gasteiger partial charge in [-0.2, -0.15) is 0 Å². The molecule has 6 heteroatoms. The molecule has 6 nitrogen and oxygen atoms in total. The number of nitrogens with zero attached hydrogens (tertiary/aromatic N) is 1. The lowest BCUT2D eigenvalue weighted by molar-refractivity contribution is -0.385. The fourth-order valence-corrected chi connectivity index (χ4v) is 1.15. The molecular weight excluding hydrogens is 214 g/mol. The van der Waals surface area contributed by atoms with Crippen molar-refractivity contribution in [3.05, 3.63) is 28.3 Å². The van der Waals surface area contributed by atoms with Gasteiger partial charge in [0.05, 0.1) is 17.6 Å². The van der Waals surface area contributed by atoms with Crippen molar-refractivity contribution < 1.29 is 19.2 Å².